The maximum atomic E-state index is 13.1. The lowest BCUT2D eigenvalue weighted by molar-refractivity contribution is -0.146. The molecule has 0 aromatic heterocycles. The largest absolute Gasteiger partial charge is 0.484 e. The molecule has 0 aliphatic carbocycles. The number of halogens is 4. The number of hydrogen-bond acceptors (Lipinski definition) is 4. The molecule has 26 heavy (non-hydrogen) atoms. The smallest absolute Gasteiger partial charge is 0.417 e. The Balaban J connectivity index is 2.13. The molecule has 0 N–H and O–H groups in total. The summed E-state index contributed by atoms with van der Waals surface area (Å²) in [6.45, 7) is 0. The van der Waals surface area contributed by atoms with Crippen LogP contribution in [0.5, 0.6) is 5.75 Å². The Morgan fingerprint density at radius 3 is 2.54 bits per heavy atom. The number of carbonyl (C=O) groups is 2. The summed E-state index contributed by atoms with van der Waals surface area (Å²) < 4.78 is 49.8. The standard InChI is InChI=1S/C18H12ClF3O4/c1-25-17(24)14-15(23)10-4-2-3-5-13(10)26-16(14)9-6-7-12(19)11(8-9)18(20,21)22/h2-8,14,16H,1H3. The summed E-state index contributed by atoms with van der Waals surface area (Å²) >= 11 is 5.64. The first-order chi connectivity index (χ1) is 12.2. The van der Waals surface area contributed by atoms with Crippen LogP contribution in [0.4, 0.5) is 13.2 Å². The van der Waals surface area contributed by atoms with Crippen molar-refractivity contribution in [3.05, 3.63) is 64.2 Å². The van der Waals surface area contributed by atoms with E-state index in [4.69, 9.17) is 16.3 Å². The van der Waals surface area contributed by atoms with Gasteiger partial charge >= 0.3 is 12.1 Å². The van der Waals surface area contributed by atoms with Gasteiger partial charge in [0.1, 0.15) is 11.9 Å². The number of para-hydroxylation sites is 1. The predicted octanol–water partition coefficient (Wildman–Crippen LogP) is 4.46. The molecule has 2 unspecified atom stereocenters. The van der Waals surface area contributed by atoms with E-state index >= 15 is 0 Å². The number of fused-ring (bicyclic) bond motifs is 1. The second kappa shape index (κ2) is 6.64. The van der Waals surface area contributed by atoms with Crippen LogP contribution in [0.25, 0.3) is 0 Å². The van der Waals surface area contributed by atoms with Gasteiger partial charge < -0.3 is 9.47 Å². The lowest BCUT2D eigenvalue weighted by atomic mass is 9.85. The Labute approximate surface area is 151 Å². The van der Waals surface area contributed by atoms with Crippen molar-refractivity contribution in [1.29, 1.82) is 0 Å². The van der Waals surface area contributed by atoms with Crippen LogP contribution in [0.1, 0.15) is 27.6 Å². The molecular formula is C18H12ClF3O4. The molecule has 8 heteroatoms. The minimum Gasteiger partial charge on any atom is -0.484 e. The normalized spacial score (nSPS) is 19.5. The molecule has 0 amide bonds. The molecule has 0 spiro atoms. The highest BCUT2D eigenvalue weighted by atomic mass is 35.5. The summed E-state index contributed by atoms with van der Waals surface area (Å²) in [5.74, 6) is -2.70. The zero-order chi connectivity index (χ0) is 19.1. The number of hydrogen-bond donors (Lipinski definition) is 0. The van der Waals surface area contributed by atoms with E-state index in [-0.39, 0.29) is 16.9 Å². The number of alkyl halides is 3. The van der Waals surface area contributed by atoms with Gasteiger partial charge in [0.2, 0.25) is 0 Å². The first kappa shape index (κ1) is 18.3. The fourth-order valence-electron chi connectivity index (χ4n) is 2.84. The van der Waals surface area contributed by atoms with Crippen LogP contribution in [-0.4, -0.2) is 18.9 Å². The molecule has 2 aromatic carbocycles. The van der Waals surface area contributed by atoms with Crippen molar-refractivity contribution in [2.45, 2.75) is 12.3 Å². The van der Waals surface area contributed by atoms with E-state index in [1.54, 1.807) is 12.1 Å². The molecule has 1 aliphatic rings. The van der Waals surface area contributed by atoms with Gasteiger partial charge in [-0.2, -0.15) is 13.2 Å². The van der Waals surface area contributed by atoms with Crippen LogP contribution in [0.3, 0.4) is 0 Å². The second-order valence-corrected chi connectivity index (χ2v) is 6.04. The summed E-state index contributed by atoms with van der Waals surface area (Å²) in [5.41, 5.74) is -0.903. The summed E-state index contributed by atoms with van der Waals surface area (Å²) in [4.78, 5) is 24.9. The summed E-state index contributed by atoms with van der Waals surface area (Å²) in [7, 11) is 1.09. The average molecular weight is 385 g/mol. The minimum atomic E-state index is -4.69. The van der Waals surface area contributed by atoms with Crippen molar-refractivity contribution in [3.8, 4) is 5.75 Å². The van der Waals surface area contributed by atoms with Crippen LogP contribution in [0, 0.1) is 5.92 Å². The van der Waals surface area contributed by atoms with E-state index < -0.39 is 40.5 Å². The van der Waals surface area contributed by atoms with E-state index in [0.29, 0.717) is 0 Å². The van der Waals surface area contributed by atoms with Crippen LogP contribution in [-0.2, 0) is 15.7 Å². The molecule has 0 fully saturated rings. The topological polar surface area (TPSA) is 52.6 Å². The zero-order valence-electron chi connectivity index (χ0n) is 13.3. The lowest BCUT2D eigenvalue weighted by Crippen LogP contribution is -2.38. The van der Waals surface area contributed by atoms with E-state index in [9.17, 15) is 22.8 Å². The first-order valence-electron chi connectivity index (χ1n) is 7.48. The number of esters is 1. The van der Waals surface area contributed by atoms with Gasteiger partial charge in [0.05, 0.1) is 23.3 Å². The minimum absolute atomic E-state index is 0.0000203. The average Bonchev–Trinajstić information content (AvgIpc) is 2.60. The van der Waals surface area contributed by atoms with E-state index in [1.165, 1.54) is 18.2 Å². The van der Waals surface area contributed by atoms with Crippen molar-refractivity contribution < 1.29 is 32.2 Å². The predicted molar refractivity (Wildman–Crippen MR) is 86.1 cm³/mol. The van der Waals surface area contributed by atoms with Crippen molar-refractivity contribution in [3.63, 3.8) is 0 Å². The van der Waals surface area contributed by atoms with Gasteiger partial charge in [0, 0.05) is 0 Å². The van der Waals surface area contributed by atoms with Crippen LogP contribution in [0.2, 0.25) is 5.02 Å². The third-order valence-corrected chi connectivity index (χ3v) is 4.40. The van der Waals surface area contributed by atoms with Gasteiger partial charge in [0.15, 0.2) is 11.7 Å². The summed E-state index contributed by atoms with van der Waals surface area (Å²) in [6, 6.07) is 9.33. The Bertz CT molecular complexity index is 879. The highest BCUT2D eigenvalue weighted by molar-refractivity contribution is 6.31. The molecule has 0 saturated carbocycles. The Hall–Kier alpha value is -2.54. The molecule has 0 bridgehead atoms. The molecule has 136 valence electrons. The first-order valence-corrected chi connectivity index (χ1v) is 7.86. The van der Waals surface area contributed by atoms with Crippen molar-refractivity contribution in [1.82, 2.24) is 0 Å². The maximum Gasteiger partial charge on any atom is 0.417 e. The monoisotopic (exact) mass is 384 g/mol. The van der Waals surface area contributed by atoms with Gasteiger partial charge in [-0.3, -0.25) is 9.59 Å². The zero-order valence-corrected chi connectivity index (χ0v) is 14.1. The molecule has 0 saturated heterocycles. The number of ether oxygens (including phenoxy) is 2. The fraction of sp³-hybridized carbons (Fsp3) is 0.222. The van der Waals surface area contributed by atoms with Crippen molar-refractivity contribution >= 4 is 23.4 Å². The molecule has 1 heterocycles. The van der Waals surface area contributed by atoms with E-state index in [0.717, 1.165) is 19.2 Å². The number of ketones is 1. The van der Waals surface area contributed by atoms with Gasteiger partial charge in [-0.15, -0.1) is 0 Å². The Morgan fingerprint density at radius 1 is 1.19 bits per heavy atom. The van der Waals surface area contributed by atoms with Gasteiger partial charge in [-0.1, -0.05) is 29.8 Å². The summed E-state index contributed by atoms with van der Waals surface area (Å²) in [5, 5.41) is -0.488. The lowest BCUT2D eigenvalue weighted by Gasteiger charge is -2.31. The Kier molecular flexibility index (Phi) is 4.66. The Morgan fingerprint density at radius 2 is 1.88 bits per heavy atom. The number of carbonyl (C=O) groups excluding carboxylic acids is 2. The molecule has 0 radical (unpaired) electrons. The number of benzene rings is 2. The number of methoxy groups -OCH3 is 1. The molecule has 4 nitrogen and oxygen atoms in total. The van der Waals surface area contributed by atoms with Crippen LogP contribution < -0.4 is 4.74 Å². The van der Waals surface area contributed by atoms with Crippen molar-refractivity contribution in [2.24, 2.45) is 5.92 Å². The number of rotatable bonds is 2. The molecule has 2 aromatic rings. The molecule has 3 rings (SSSR count). The summed E-state index contributed by atoms with van der Waals surface area (Å²) in [6.07, 6.45) is -5.95. The number of Topliss-reactive ketones (excluding diaryl/α,β-unsaturated/α-hetero) is 1. The highest BCUT2D eigenvalue weighted by Crippen LogP contribution is 2.42. The van der Waals surface area contributed by atoms with Crippen LogP contribution >= 0.6 is 11.6 Å². The quantitative estimate of drug-likeness (QED) is 0.566. The SMILES string of the molecule is COC(=O)C1C(=O)c2ccccc2OC1c1ccc(Cl)c(C(F)(F)F)c1. The molecular weight excluding hydrogens is 373 g/mol. The molecule has 2 atom stereocenters. The van der Waals surface area contributed by atoms with Crippen molar-refractivity contribution in [2.75, 3.05) is 7.11 Å². The fourth-order valence-corrected chi connectivity index (χ4v) is 3.06. The van der Waals surface area contributed by atoms with Gasteiger partial charge in [-0.25, -0.2) is 0 Å². The highest BCUT2D eigenvalue weighted by Gasteiger charge is 2.44. The molecule has 1 aliphatic heterocycles. The third kappa shape index (κ3) is 3.14. The maximum absolute atomic E-state index is 13.1. The third-order valence-electron chi connectivity index (χ3n) is 4.07. The second-order valence-electron chi connectivity index (χ2n) is 5.64. The van der Waals surface area contributed by atoms with Crippen LogP contribution in [0.15, 0.2) is 42.5 Å². The van der Waals surface area contributed by atoms with E-state index in [1.807, 2.05) is 0 Å². The van der Waals surface area contributed by atoms with Gasteiger partial charge in [0.25, 0.3) is 0 Å². The van der Waals surface area contributed by atoms with Gasteiger partial charge in [-0.05, 0) is 29.8 Å². The van der Waals surface area contributed by atoms with E-state index in [2.05, 4.69) is 4.74 Å².